The van der Waals surface area contributed by atoms with Crippen LogP contribution in [0.15, 0.2) is 76.2 Å². The standard InChI is InChI=1S/C19H16BrFN2O2S/c20-15-5-3-14(4-6-15)19-18-2-1-11-22(18)12-13-23(19)26(24,25)17-9-7-16(21)8-10-17/h1-11,19H,12-13H2/t19-/m0/s1. The lowest BCUT2D eigenvalue weighted by Gasteiger charge is -2.36. The van der Waals surface area contributed by atoms with Gasteiger partial charge in [-0.3, -0.25) is 0 Å². The van der Waals surface area contributed by atoms with Crippen LogP contribution in [0, 0.1) is 5.82 Å². The van der Waals surface area contributed by atoms with E-state index < -0.39 is 21.9 Å². The Labute approximate surface area is 160 Å². The molecule has 134 valence electrons. The molecule has 0 bridgehead atoms. The molecule has 2 aromatic carbocycles. The minimum atomic E-state index is -3.77. The summed E-state index contributed by atoms with van der Waals surface area (Å²) in [7, 11) is -3.77. The van der Waals surface area contributed by atoms with E-state index in [1.54, 1.807) is 0 Å². The Morgan fingerprint density at radius 2 is 1.65 bits per heavy atom. The third-order valence-electron chi connectivity index (χ3n) is 4.60. The van der Waals surface area contributed by atoms with Crippen molar-refractivity contribution in [2.24, 2.45) is 0 Å². The normalized spacial score (nSPS) is 17.8. The zero-order valence-corrected chi connectivity index (χ0v) is 16.1. The summed E-state index contributed by atoms with van der Waals surface area (Å²) in [6.45, 7) is 0.928. The van der Waals surface area contributed by atoms with Crippen LogP contribution in [0.4, 0.5) is 4.39 Å². The van der Waals surface area contributed by atoms with Gasteiger partial charge in [-0.2, -0.15) is 4.31 Å². The smallest absolute Gasteiger partial charge is 0.244 e. The SMILES string of the molecule is O=S(=O)(c1ccc(F)cc1)N1CCn2cccc2[C@@H]1c1ccc(Br)cc1. The number of rotatable bonds is 3. The quantitative estimate of drug-likeness (QED) is 0.620. The molecule has 0 N–H and O–H groups in total. The Balaban J connectivity index is 1.83. The van der Waals surface area contributed by atoms with Crippen molar-refractivity contribution in [3.05, 3.63) is 88.4 Å². The van der Waals surface area contributed by atoms with Gasteiger partial charge in [0.1, 0.15) is 5.82 Å². The van der Waals surface area contributed by atoms with Gasteiger partial charge in [-0.1, -0.05) is 28.1 Å². The van der Waals surface area contributed by atoms with Crippen LogP contribution in [0.25, 0.3) is 0 Å². The van der Waals surface area contributed by atoms with Crippen LogP contribution in [0.2, 0.25) is 0 Å². The molecule has 1 aromatic heterocycles. The van der Waals surface area contributed by atoms with Crippen molar-refractivity contribution < 1.29 is 12.8 Å². The van der Waals surface area contributed by atoms with Gasteiger partial charge in [0.25, 0.3) is 0 Å². The van der Waals surface area contributed by atoms with E-state index in [1.165, 1.54) is 28.6 Å². The first-order valence-corrected chi connectivity index (χ1v) is 10.4. The predicted octanol–water partition coefficient (Wildman–Crippen LogP) is 4.18. The number of aromatic nitrogens is 1. The maximum Gasteiger partial charge on any atom is 0.244 e. The van der Waals surface area contributed by atoms with E-state index >= 15 is 0 Å². The van der Waals surface area contributed by atoms with Crippen LogP contribution >= 0.6 is 15.9 Å². The van der Waals surface area contributed by atoms with Crippen LogP contribution in [0.5, 0.6) is 0 Å². The lowest BCUT2D eigenvalue weighted by atomic mass is 10.0. The summed E-state index contributed by atoms with van der Waals surface area (Å²) < 4.78 is 44.3. The second-order valence-corrected chi connectivity index (χ2v) is 8.96. The molecule has 0 radical (unpaired) electrons. The van der Waals surface area contributed by atoms with Crippen molar-refractivity contribution >= 4 is 26.0 Å². The summed E-state index contributed by atoms with van der Waals surface area (Å²) in [5.74, 6) is -0.457. The molecule has 1 aliphatic heterocycles. The summed E-state index contributed by atoms with van der Waals surface area (Å²) in [6, 6.07) is 16.1. The molecule has 0 aliphatic carbocycles. The van der Waals surface area contributed by atoms with Gasteiger partial charge < -0.3 is 4.57 Å². The molecule has 3 aromatic rings. The molecule has 0 spiro atoms. The third-order valence-corrected chi connectivity index (χ3v) is 7.01. The Kier molecular flexibility index (Phi) is 4.46. The highest BCUT2D eigenvalue weighted by Crippen LogP contribution is 2.36. The first kappa shape index (κ1) is 17.5. The number of hydrogen-bond donors (Lipinski definition) is 0. The number of halogens is 2. The van der Waals surface area contributed by atoms with Crippen molar-refractivity contribution in [1.82, 2.24) is 8.87 Å². The number of benzene rings is 2. The average molecular weight is 435 g/mol. The Morgan fingerprint density at radius 1 is 0.962 bits per heavy atom. The second-order valence-electron chi connectivity index (χ2n) is 6.15. The van der Waals surface area contributed by atoms with Crippen molar-refractivity contribution in [1.29, 1.82) is 0 Å². The first-order valence-electron chi connectivity index (χ1n) is 8.15. The minimum Gasteiger partial charge on any atom is -0.348 e. The minimum absolute atomic E-state index is 0.0982. The van der Waals surface area contributed by atoms with Gasteiger partial charge in [0.05, 0.1) is 10.9 Å². The molecule has 0 amide bonds. The molecule has 2 heterocycles. The largest absolute Gasteiger partial charge is 0.348 e. The van der Waals surface area contributed by atoms with Crippen molar-refractivity contribution in [2.45, 2.75) is 17.5 Å². The first-order chi connectivity index (χ1) is 12.5. The molecule has 4 nitrogen and oxygen atoms in total. The van der Waals surface area contributed by atoms with Crippen LogP contribution in [0.3, 0.4) is 0 Å². The van der Waals surface area contributed by atoms with Gasteiger partial charge in [0.2, 0.25) is 10.0 Å². The fourth-order valence-corrected chi connectivity index (χ4v) is 5.19. The van der Waals surface area contributed by atoms with E-state index in [4.69, 9.17) is 0 Å². The number of hydrogen-bond acceptors (Lipinski definition) is 2. The maximum absolute atomic E-state index is 13.3. The Hall–Kier alpha value is -1.96. The lowest BCUT2D eigenvalue weighted by molar-refractivity contribution is 0.298. The zero-order chi connectivity index (χ0) is 18.3. The second kappa shape index (κ2) is 6.64. The molecule has 0 unspecified atom stereocenters. The molecule has 26 heavy (non-hydrogen) atoms. The molecule has 1 aliphatic rings. The summed E-state index contributed by atoms with van der Waals surface area (Å²) in [4.78, 5) is 0.0982. The predicted molar refractivity (Wildman–Crippen MR) is 101 cm³/mol. The van der Waals surface area contributed by atoms with Crippen LogP contribution in [-0.4, -0.2) is 23.8 Å². The van der Waals surface area contributed by atoms with Gasteiger partial charge in [-0.15, -0.1) is 0 Å². The molecular weight excluding hydrogens is 419 g/mol. The number of fused-ring (bicyclic) bond motifs is 1. The maximum atomic E-state index is 13.3. The van der Waals surface area contributed by atoms with E-state index in [0.717, 1.165) is 15.7 Å². The Bertz CT molecular complexity index is 1030. The summed E-state index contributed by atoms with van der Waals surface area (Å²) in [5.41, 5.74) is 1.81. The molecule has 7 heteroatoms. The molecule has 1 atom stereocenters. The van der Waals surface area contributed by atoms with Crippen LogP contribution < -0.4 is 0 Å². The number of sulfonamides is 1. The van der Waals surface area contributed by atoms with Gasteiger partial charge in [0.15, 0.2) is 0 Å². The Morgan fingerprint density at radius 3 is 2.35 bits per heavy atom. The van der Waals surface area contributed by atoms with Crippen molar-refractivity contribution in [2.75, 3.05) is 6.54 Å². The number of nitrogens with zero attached hydrogens (tertiary/aromatic N) is 2. The third kappa shape index (κ3) is 3.00. The molecule has 4 rings (SSSR count). The van der Waals surface area contributed by atoms with E-state index in [0.29, 0.717) is 13.1 Å². The van der Waals surface area contributed by atoms with Gasteiger partial charge in [0, 0.05) is 29.5 Å². The summed E-state index contributed by atoms with van der Waals surface area (Å²) in [6.07, 6.45) is 1.96. The van der Waals surface area contributed by atoms with Gasteiger partial charge in [-0.05, 0) is 54.1 Å². The van der Waals surface area contributed by atoms with Gasteiger partial charge in [-0.25, -0.2) is 12.8 Å². The molecular formula is C19H16BrFN2O2S. The zero-order valence-electron chi connectivity index (χ0n) is 13.7. The summed E-state index contributed by atoms with van der Waals surface area (Å²) >= 11 is 3.42. The highest BCUT2D eigenvalue weighted by Gasteiger charge is 2.37. The highest BCUT2D eigenvalue weighted by molar-refractivity contribution is 9.10. The van der Waals surface area contributed by atoms with E-state index in [9.17, 15) is 12.8 Å². The fraction of sp³-hybridized carbons (Fsp3) is 0.158. The van der Waals surface area contributed by atoms with E-state index in [2.05, 4.69) is 20.5 Å². The van der Waals surface area contributed by atoms with Crippen LogP contribution in [0.1, 0.15) is 17.3 Å². The van der Waals surface area contributed by atoms with Crippen LogP contribution in [-0.2, 0) is 16.6 Å². The average Bonchev–Trinajstić information content (AvgIpc) is 3.11. The molecule has 0 saturated heterocycles. The highest BCUT2D eigenvalue weighted by atomic mass is 79.9. The van der Waals surface area contributed by atoms with Crippen molar-refractivity contribution in [3.63, 3.8) is 0 Å². The van der Waals surface area contributed by atoms with E-state index in [1.807, 2.05) is 42.6 Å². The monoisotopic (exact) mass is 434 g/mol. The molecule has 0 fully saturated rings. The van der Waals surface area contributed by atoms with Crippen molar-refractivity contribution in [3.8, 4) is 0 Å². The topological polar surface area (TPSA) is 42.3 Å². The lowest BCUT2D eigenvalue weighted by Crippen LogP contribution is -2.42. The van der Waals surface area contributed by atoms with E-state index in [-0.39, 0.29) is 4.90 Å². The van der Waals surface area contributed by atoms with Gasteiger partial charge >= 0.3 is 0 Å². The summed E-state index contributed by atoms with van der Waals surface area (Å²) in [5, 5.41) is 0. The fourth-order valence-electron chi connectivity index (χ4n) is 3.35. The molecule has 0 saturated carbocycles.